The van der Waals surface area contributed by atoms with E-state index in [1.54, 1.807) is 6.07 Å². The SMILES string of the molecule is CCC(C)CN(CC)c1cccc(F)c1C(C)=O. The summed E-state index contributed by atoms with van der Waals surface area (Å²) in [6.45, 7) is 9.35. The second-order valence-electron chi connectivity index (χ2n) is 4.74. The predicted octanol–water partition coefficient (Wildman–Crippen LogP) is 3.90. The molecule has 1 unspecified atom stereocenters. The van der Waals surface area contributed by atoms with Gasteiger partial charge in [-0.15, -0.1) is 0 Å². The lowest BCUT2D eigenvalue weighted by atomic mass is 10.0. The molecule has 0 amide bonds. The van der Waals surface area contributed by atoms with E-state index in [2.05, 4.69) is 18.7 Å². The van der Waals surface area contributed by atoms with Gasteiger partial charge in [0.2, 0.25) is 0 Å². The fourth-order valence-electron chi connectivity index (χ4n) is 2.03. The van der Waals surface area contributed by atoms with E-state index in [1.165, 1.54) is 13.0 Å². The van der Waals surface area contributed by atoms with Gasteiger partial charge in [-0.05, 0) is 31.9 Å². The number of carbonyl (C=O) groups excluding carboxylic acids is 1. The van der Waals surface area contributed by atoms with Crippen LogP contribution in [0.1, 0.15) is 44.5 Å². The third-order valence-corrected chi connectivity index (χ3v) is 3.30. The van der Waals surface area contributed by atoms with Gasteiger partial charge in [0.05, 0.1) is 11.3 Å². The zero-order valence-corrected chi connectivity index (χ0v) is 11.7. The summed E-state index contributed by atoms with van der Waals surface area (Å²) in [5, 5.41) is 0. The van der Waals surface area contributed by atoms with Crippen molar-refractivity contribution in [1.29, 1.82) is 0 Å². The number of ketones is 1. The number of anilines is 1. The molecule has 2 nitrogen and oxygen atoms in total. The van der Waals surface area contributed by atoms with Crippen LogP contribution in [-0.2, 0) is 0 Å². The number of carbonyl (C=O) groups is 1. The molecule has 1 aromatic carbocycles. The maximum Gasteiger partial charge on any atom is 0.164 e. The van der Waals surface area contributed by atoms with Crippen molar-refractivity contribution in [2.24, 2.45) is 5.92 Å². The Kier molecular flexibility index (Phi) is 5.32. The first-order valence-electron chi connectivity index (χ1n) is 6.55. The fourth-order valence-corrected chi connectivity index (χ4v) is 2.03. The second-order valence-corrected chi connectivity index (χ2v) is 4.74. The first-order valence-corrected chi connectivity index (χ1v) is 6.55. The average Bonchev–Trinajstić information content (AvgIpc) is 2.34. The largest absolute Gasteiger partial charge is 0.371 e. The van der Waals surface area contributed by atoms with E-state index in [0.717, 1.165) is 19.5 Å². The van der Waals surface area contributed by atoms with E-state index in [4.69, 9.17) is 0 Å². The Morgan fingerprint density at radius 3 is 2.56 bits per heavy atom. The Hall–Kier alpha value is -1.38. The van der Waals surface area contributed by atoms with Crippen LogP contribution in [0.2, 0.25) is 0 Å². The molecule has 0 fully saturated rings. The highest BCUT2D eigenvalue weighted by Gasteiger charge is 2.18. The molecule has 3 heteroatoms. The first-order chi connectivity index (χ1) is 8.51. The van der Waals surface area contributed by atoms with Crippen LogP contribution in [0.25, 0.3) is 0 Å². The molecule has 1 aromatic rings. The summed E-state index contributed by atoms with van der Waals surface area (Å²) in [6, 6.07) is 4.83. The van der Waals surface area contributed by atoms with E-state index < -0.39 is 5.82 Å². The Morgan fingerprint density at radius 2 is 2.06 bits per heavy atom. The standard InChI is InChI=1S/C15H22FNO/c1-5-11(3)10-17(6-2)14-9-7-8-13(16)15(14)12(4)18/h7-9,11H,5-6,10H2,1-4H3. The van der Waals surface area contributed by atoms with Crippen molar-refractivity contribution in [3.05, 3.63) is 29.6 Å². The molecule has 0 aromatic heterocycles. The van der Waals surface area contributed by atoms with Crippen molar-refractivity contribution < 1.29 is 9.18 Å². The van der Waals surface area contributed by atoms with Crippen molar-refractivity contribution >= 4 is 11.5 Å². The number of rotatable bonds is 6. The molecular weight excluding hydrogens is 229 g/mol. The predicted molar refractivity (Wildman–Crippen MR) is 73.7 cm³/mol. The maximum atomic E-state index is 13.8. The lowest BCUT2D eigenvalue weighted by Crippen LogP contribution is -2.29. The topological polar surface area (TPSA) is 20.3 Å². The minimum atomic E-state index is -0.428. The molecule has 0 saturated heterocycles. The highest BCUT2D eigenvalue weighted by Crippen LogP contribution is 2.25. The average molecular weight is 251 g/mol. The van der Waals surface area contributed by atoms with Crippen molar-refractivity contribution in [2.45, 2.75) is 34.1 Å². The number of benzene rings is 1. The molecule has 100 valence electrons. The Bertz CT molecular complexity index is 417. The van der Waals surface area contributed by atoms with Gasteiger partial charge >= 0.3 is 0 Å². The number of nitrogens with zero attached hydrogens (tertiary/aromatic N) is 1. The second kappa shape index (κ2) is 6.53. The van der Waals surface area contributed by atoms with Gasteiger partial charge in [-0.1, -0.05) is 26.3 Å². The molecule has 0 bridgehead atoms. The fraction of sp³-hybridized carbons (Fsp3) is 0.533. The summed E-state index contributed by atoms with van der Waals surface area (Å²) in [5.74, 6) is -0.124. The minimum absolute atomic E-state index is 0.211. The van der Waals surface area contributed by atoms with Gasteiger partial charge in [-0.2, -0.15) is 0 Å². The summed E-state index contributed by atoms with van der Waals surface area (Å²) < 4.78 is 13.8. The number of hydrogen-bond acceptors (Lipinski definition) is 2. The zero-order valence-electron chi connectivity index (χ0n) is 11.7. The van der Waals surface area contributed by atoms with Crippen LogP contribution in [0.3, 0.4) is 0 Å². The monoisotopic (exact) mass is 251 g/mol. The van der Waals surface area contributed by atoms with Gasteiger partial charge < -0.3 is 4.90 Å². The van der Waals surface area contributed by atoms with E-state index in [1.807, 2.05) is 13.0 Å². The first kappa shape index (κ1) is 14.7. The van der Waals surface area contributed by atoms with Crippen LogP contribution in [0.4, 0.5) is 10.1 Å². The van der Waals surface area contributed by atoms with Crippen molar-refractivity contribution in [2.75, 3.05) is 18.0 Å². The lowest BCUT2D eigenvalue weighted by Gasteiger charge is -2.28. The molecule has 0 saturated carbocycles. The van der Waals surface area contributed by atoms with E-state index in [0.29, 0.717) is 11.6 Å². The van der Waals surface area contributed by atoms with Gasteiger partial charge in [0, 0.05) is 13.1 Å². The van der Waals surface area contributed by atoms with Gasteiger partial charge in [-0.3, -0.25) is 4.79 Å². The molecule has 18 heavy (non-hydrogen) atoms. The molecule has 0 N–H and O–H groups in total. The summed E-state index contributed by atoms with van der Waals surface area (Å²) in [5.41, 5.74) is 0.924. The third kappa shape index (κ3) is 3.31. The summed E-state index contributed by atoms with van der Waals surface area (Å²) in [4.78, 5) is 13.7. The highest BCUT2D eigenvalue weighted by molar-refractivity contribution is 6.00. The lowest BCUT2D eigenvalue weighted by molar-refractivity contribution is 0.101. The van der Waals surface area contributed by atoms with Gasteiger partial charge in [0.25, 0.3) is 0 Å². The van der Waals surface area contributed by atoms with Crippen LogP contribution in [0, 0.1) is 11.7 Å². The zero-order chi connectivity index (χ0) is 13.7. The molecule has 1 atom stereocenters. The molecule has 0 aliphatic heterocycles. The summed E-state index contributed by atoms with van der Waals surface area (Å²) >= 11 is 0. The summed E-state index contributed by atoms with van der Waals surface area (Å²) in [6.07, 6.45) is 1.07. The Morgan fingerprint density at radius 1 is 1.39 bits per heavy atom. The molecule has 0 heterocycles. The smallest absolute Gasteiger partial charge is 0.164 e. The van der Waals surface area contributed by atoms with Crippen LogP contribution in [0.15, 0.2) is 18.2 Å². The van der Waals surface area contributed by atoms with Crippen molar-refractivity contribution in [3.8, 4) is 0 Å². The number of hydrogen-bond donors (Lipinski definition) is 0. The van der Waals surface area contributed by atoms with Crippen LogP contribution < -0.4 is 4.90 Å². The number of Topliss-reactive ketones (excluding diaryl/α,β-unsaturated/α-hetero) is 1. The maximum absolute atomic E-state index is 13.8. The highest BCUT2D eigenvalue weighted by atomic mass is 19.1. The number of halogens is 1. The van der Waals surface area contributed by atoms with Gasteiger partial charge in [0.1, 0.15) is 5.82 Å². The van der Waals surface area contributed by atoms with Crippen LogP contribution in [-0.4, -0.2) is 18.9 Å². The molecule has 1 rings (SSSR count). The Balaban J connectivity index is 3.13. The van der Waals surface area contributed by atoms with Gasteiger partial charge in [-0.25, -0.2) is 4.39 Å². The van der Waals surface area contributed by atoms with E-state index in [-0.39, 0.29) is 11.3 Å². The minimum Gasteiger partial charge on any atom is -0.371 e. The van der Waals surface area contributed by atoms with E-state index >= 15 is 0 Å². The quantitative estimate of drug-likeness (QED) is 0.715. The Labute approximate surface area is 109 Å². The molecule has 0 aliphatic rings. The van der Waals surface area contributed by atoms with Crippen molar-refractivity contribution in [1.82, 2.24) is 0 Å². The summed E-state index contributed by atoms with van der Waals surface area (Å²) in [7, 11) is 0. The van der Waals surface area contributed by atoms with Gasteiger partial charge in [0.15, 0.2) is 5.78 Å². The molecular formula is C15H22FNO. The van der Waals surface area contributed by atoms with Crippen LogP contribution in [0.5, 0.6) is 0 Å². The van der Waals surface area contributed by atoms with E-state index in [9.17, 15) is 9.18 Å². The molecule has 0 radical (unpaired) electrons. The third-order valence-electron chi connectivity index (χ3n) is 3.30. The van der Waals surface area contributed by atoms with Crippen LogP contribution >= 0.6 is 0 Å². The normalized spacial score (nSPS) is 12.3. The van der Waals surface area contributed by atoms with Crippen molar-refractivity contribution in [3.63, 3.8) is 0 Å². The molecule has 0 spiro atoms. The molecule has 0 aliphatic carbocycles.